The Hall–Kier alpha value is -1.26. The van der Waals surface area contributed by atoms with Crippen molar-refractivity contribution in [1.29, 1.82) is 0 Å². The van der Waals surface area contributed by atoms with Crippen LogP contribution < -0.4 is 0 Å². The van der Waals surface area contributed by atoms with Gasteiger partial charge in [0, 0.05) is 20.1 Å². The molecule has 0 aliphatic carbocycles. The molecule has 3 atom stereocenters. The highest BCUT2D eigenvalue weighted by Gasteiger charge is 2.36. The van der Waals surface area contributed by atoms with Crippen LogP contribution >= 0.6 is 0 Å². The summed E-state index contributed by atoms with van der Waals surface area (Å²) in [5.41, 5.74) is 0. The van der Waals surface area contributed by atoms with Crippen molar-refractivity contribution in [3.05, 3.63) is 0 Å². The molecular weight excluding hydrogens is 256 g/mol. The Morgan fingerprint density at radius 2 is 2.05 bits per heavy atom. The van der Waals surface area contributed by atoms with Gasteiger partial charge < -0.3 is 14.9 Å². The fraction of sp³-hybridized carbons (Fsp3) is 0.867. The first-order chi connectivity index (χ1) is 9.40. The van der Waals surface area contributed by atoms with Crippen molar-refractivity contribution >= 4 is 12.0 Å². The van der Waals surface area contributed by atoms with Crippen molar-refractivity contribution in [2.75, 3.05) is 20.1 Å². The second kappa shape index (κ2) is 7.50. The average molecular weight is 284 g/mol. The molecule has 1 aliphatic rings. The van der Waals surface area contributed by atoms with Gasteiger partial charge >= 0.3 is 12.0 Å². The number of piperidine rings is 1. The highest BCUT2D eigenvalue weighted by atomic mass is 16.4. The molecule has 0 saturated carbocycles. The molecule has 0 aromatic carbocycles. The third-order valence-electron chi connectivity index (χ3n) is 4.43. The van der Waals surface area contributed by atoms with E-state index in [2.05, 4.69) is 20.8 Å². The molecule has 20 heavy (non-hydrogen) atoms. The molecule has 5 heteroatoms. The number of aliphatic carboxylic acids is 1. The smallest absolute Gasteiger partial charge is 0.326 e. The zero-order valence-electron chi connectivity index (χ0n) is 13.1. The monoisotopic (exact) mass is 284 g/mol. The van der Waals surface area contributed by atoms with Gasteiger partial charge in [-0.3, -0.25) is 0 Å². The number of carbonyl (C=O) groups excluding carboxylic acids is 1. The molecule has 1 fully saturated rings. The van der Waals surface area contributed by atoms with E-state index >= 15 is 0 Å². The molecule has 1 N–H and O–H groups in total. The number of amides is 2. The number of hydrogen-bond donors (Lipinski definition) is 1. The van der Waals surface area contributed by atoms with Gasteiger partial charge in [0.1, 0.15) is 6.04 Å². The number of carboxylic acid groups (broad SMARTS) is 1. The lowest BCUT2D eigenvalue weighted by atomic mass is 9.89. The molecule has 1 heterocycles. The van der Waals surface area contributed by atoms with E-state index in [1.807, 2.05) is 0 Å². The summed E-state index contributed by atoms with van der Waals surface area (Å²) in [5.74, 6) is -0.0335. The summed E-state index contributed by atoms with van der Waals surface area (Å²) in [4.78, 5) is 27.1. The van der Waals surface area contributed by atoms with Crippen LogP contribution in [0.15, 0.2) is 0 Å². The third kappa shape index (κ3) is 4.12. The lowest BCUT2D eigenvalue weighted by Gasteiger charge is -2.39. The molecule has 0 radical (unpaired) electrons. The Morgan fingerprint density at radius 1 is 1.40 bits per heavy atom. The van der Waals surface area contributed by atoms with Gasteiger partial charge in [0.2, 0.25) is 0 Å². The number of rotatable bonds is 5. The Bertz CT molecular complexity index is 346. The normalized spacial score (nSPS) is 24.3. The lowest BCUT2D eigenvalue weighted by molar-refractivity contribution is -0.144. The highest BCUT2D eigenvalue weighted by molar-refractivity contribution is 5.82. The van der Waals surface area contributed by atoms with Crippen LogP contribution in [0.5, 0.6) is 0 Å². The number of carbonyl (C=O) groups is 2. The zero-order chi connectivity index (χ0) is 15.3. The molecule has 2 amide bonds. The topological polar surface area (TPSA) is 60.9 Å². The first-order valence-electron chi connectivity index (χ1n) is 7.65. The lowest BCUT2D eigenvalue weighted by Crippen LogP contribution is -2.54. The summed E-state index contributed by atoms with van der Waals surface area (Å²) in [5, 5.41) is 9.37. The summed E-state index contributed by atoms with van der Waals surface area (Å²) in [7, 11) is 1.76. The van der Waals surface area contributed by atoms with Crippen molar-refractivity contribution in [2.45, 2.75) is 52.5 Å². The van der Waals surface area contributed by atoms with Gasteiger partial charge in [-0.05, 0) is 24.7 Å². The SMILES string of the molecule is CCC(C)CN(C)C(=O)N1CCC(CC)CC1C(=O)O. The molecule has 1 rings (SSSR count). The van der Waals surface area contributed by atoms with Crippen molar-refractivity contribution in [1.82, 2.24) is 9.80 Å². The summed E-state index contributed by atoms with van der Waals surface area (Å²) in [6.45, 7) is 7.50. The first-order valence-corrected chi connectivity index (χ1v) is 7.65. The van der Waals surface area contributed by atoms with Gasteiger partial charge in [-0.25, -0.2) is 9.59 Å². The Kier molecular flexibility index (Phi) is 6.30. The zero-order valence-corrected chi connectivity index (χ0v) is 13.1. The van der Waals surface area contributed by atoms with E-state index in [9.17, 15) is 14.7 Å². The summed E-state index contributed by atoms with van der Waals surface area (Å²) < 4.78 is 0. The van der Waals surface area contributed by atoms with Gasteiger partial charge in [0.25, 0.3) is 0 Å². The maximum Gasteiger partial charge on any atom is 0.326 e. The summed E-state index contributed by atoms with van der Waals surface area (Å²) >= 11 is 0. The van der Waals surface area contributed by atoms with Crippen LogP contribution in [0.25, 0.3) is 0 Å². The van der Waals surface area contributed by atoms with Crippen molar-refractivity contribution in [2.24, 2.45) is 11.8 Å². The van der Waals surface area contributed by atoms with Gasteiger partial charge in [-0.1, -0.05) is 33.6 Å². The summed E-state index contributed by atoms with van der Waals surface area (Å²) in [6.07, 6.45) is 3.48. The van der Waals surface area contributed by atoms with Gasteiger partial charge in [-0.2, -0.15) is 0 Å². The van der Waals surface area contributed by atoms with Crippen molar-refractivity contribution in [3.63, 3.8) is 0 Å². The van der Waals surface area contributed by atoms with E-state index in [0.29, 0.717) is 31.3 Å². The molecule has 1 aliphatic heterocycles. The maximum absolute atomic E-state index is 12.4. The maximum atomic E-state index is 12.4. The highest BCUT2D eigenvalue weighted by Crippen LogP contribution is 2.26. The molecule has 0 bridgehead atoms. The van der Waals surface area contributed by atoms with Crippen LogP contribution in [0.3, 0.4) is 0 Å². The molecule has 3 unspecified atom stereocenters. The molecule has 0 aromatic rings. The predicted molar refractivity (Wildman–Crippen MR) is 78.6 cm³/mol. The van der Waals surface area contributed by atoms with E-state index in [0.717, 1.165) is 19.3 Å². The Labute approximate surface area is 121 Å². The molecule has 1 saturated heterocycles. The molecule has 5 nitrogen and oxygen atoms in total. The van der Waals surface area contributed by atoms with Gasteiger partial charge in [0.15, 0.2) is 0 Å². The Morgan fingerprint density at radius 3 is 2.55 bits per heavy atom. The van der Waals surface area contributed by atoms with Gasteiger partial charge in [-0.15, -0.1) is 0 Å². The van der Waals surface area contributed by atoms with E-state index in [1.54, 1.807) is 11.9 Å². The van der Waals surface area contributed by atoms with E-state index in [-0.39, 0.29) is 6.03 Å². The molecule has 0 spiro atoms. The molecule has 116 valence electrons. The fourth-order valence-electron chi connectivity index (χ4n) is 2.77. The van der Waals surface area contributed by atoms with Crippen molar-refractivity contribution in [3.8, 4) is 0 Å². The summed E-state index contributed by atoms with van der Waals surface area (Å²) in [6, 6.07) is -0.812. The van der Waals surface area contributed by atoms with Crippen LogP contribution in [0.1, 0.15) is 46.5 Å². The van der Waals surface area contributed by atoms with Gasteiger partial charge in [0.05, 0.1) is 0 Å². The molecular formula is C15H28N2O3. The number of carboxylic acids is 1. The number of likely N-dealkylation sites (tertiary alicyclic amines) is 1. The Balaban J connectivity index is 2.71. The fourth-order valence-corrected chi connectivity index (χ4v) is 2.77. The second-order valence-electron chi connectivity index (χ2n) is 6.02. The average Bonchev–Trinajstić information content (AvgIpc) is 2.45. The van der Waals surface area contributed by atoms with Crippen LogP contribution in [-0.4, -0.2) is 53.1 Å². The minimum Gasteiger partial charge on any atom is -0.480 e. The molecule has 0 aromatic heterocycles. The van der Waals surface area contributed by atoms with Crippen LogP contribution in [0.2, 0.25) is 0 Å². The van der Waals surface area contributed by atoms with E-state index in [4.69, 9.17) is 0 Å². The standard InChI is InChI=1S/C15H28N2O3/c1-5-11(3)10-16(4)15(20)17-8-7-12(6-2)9-13(17)14(18)19/h11-13H,5-10H2,1-4H3,(H,18,19). The number of nitrogens with zero attached hydrogens (tertiary/aromatic N) is 2. The quantitative estimate of drug-likeness (QED) is 0.844. The third-order valence-corrected chi connectivity index (χ3v) is 4.43. The predicted octanol–water partition coefficient (Wildman–Crippen LogP) is 2.66. The van der Waals surface area contributed by atoms with E-state index in [1.165, 1.54) is 4.90 Å². The number of urea groups is 1. The van der Waals surface area contributed by atoms with Crippen LogP contribution in [0.4, 0.5) is 4.79 Å². The first kappa shape index (κ1) is 16.8. The van der Waals surface area contributed by atoms with Crippen LogP contribution in [0, 0.1) is 11.8 Å². The second-order valence-corrected chi connectivity index (χ2v) is 6.02. The van der Waals surface area contributed by atoms with Crippen LogP contribution in [-0.2, 0) is 4.79 Å². The van der Waals surface area contributed by atoms with Crippen molar-refractivity contribution < 1.29 is 14.7 Å². The largest absolute Gasteiger partial charge is 0.480 e. The van der Waals surface area contributed by atoms with E-state index < -0.39 is 12.0 Å². The number of hydrogen-bond acceptors (Lipinski definition) is 2. The minimum absolute atomic E-state index is 0.146. The minimum atomic E-state index is -0.881.